The average molecular weight is 287 g/mol. The molecule has 0 spiro atoms. The molecular formula is C13H16ClFN2O2. The molecule has 2 rings (SSSR count). The molecule has 6 heteroatoms. The van der Waals surface area contributed by atoms with Crippen molar-refractivity contribution in [2.75, 3.05) is 13.2 Å². The lowest BCUT2D eigenvalue weighted by Crippen LogP contribution is -2.56. The summed E-state index contributed by atoms with van der Waals surface area (Å²) >= 11 is 5.64. The number of primary amides is 1. The number of carbonyl (C=O) groups excluding carboxylic acids is 1. The van der Waals surface area contributed by atoms with Crippen LogP contribution in [0.15, 0.2) is 18.2 Å². The minimum absolute atomic E-state index is 0.0885. The first-order valence-electron chi connectivity index (χ1n) is 6.08. The first kappa shape index (κ1) is 14.2. The summed E-state index contributed by atoms with van der Waals surface area (Å²) in [6, 6.07) is 4.13. The Morgan fingerprint density at radius 1 is 1.63 bits per heavy atom. The highest BCUT2D eigenvalue weighted by Gasteiger charge is 2.33. The molecule has 1 saturated heterocycles. The van der Waals surface area contributed by atoms with Gasteiger partial charge in [-0.3, -0.25) is 9.69 Å². The van der Waals surface area contributed by atoms with Crippen molar-refractivity contribution in [2.24, 2.45) is 5.73 Å². The minimum Gasteiger partial charge on any atom is -0.375 e. The second-order valence-corrected chi connectivity index (χ2v) is 5.05. The summed E-state index contributed by atoms with van der Waals surface area (Å²) in [6.07, 6.45) is -0.261. The van der Waals surface area contributed by atoms with E-state index in [1.165, 1.54) is 12.1 Å². The first-order valence-corrected chi connectivity index (χ1v) is 6.45. The van der Waals surface area contributed by atoms with Crippen LogP contribution < -0.4 is 5.73 Å². The summed E-state index contributed by atoms with van der Waals surface area (Å²) in [4.78, 5) is 13.4. The molecule has 1 heterocycles. The fourth-order valence-corrected chi connectivity index (χ4v) is 2.46. The van der Waals surface area contributed by atoms with Crippen LogP contribution in [0.4, 0.5) is 4.39 Å². The second kappa shape index (κ2) is 5.86. The number of hydrogen-bond donors (Lipinski definition) is 1. The number of nitrogens with two attached hydrogens (primary N) is 1. The van der Waals surface area contributed by atoms with Gasteiger partial charge in [-0.2, -0.15) is 0 Å². The summed E-state index contributed by atoms with van der Waals surface area (Å²) in [6.45, 7) is 3.36. The molecule has 1 amide bonds. The summed E-state index contributed by atoms with van der Waals surface area (Å²) in [7, 11) is 0. The van der Waals surface area contributed by atoms with Crippen LogP contribution in [0.2, 0.25) is 5.02 Å². The van der Waals surface area contributed by atoms with E-state index in [1.807, 2.05) is 11.8 Å². The van der Waals surface area contributed by atoms with Gasteiger partial charge in [0.15, 0.2) is 0 Å². The number of amides is 1. The standard InChI is InChI=1S/C13H16ClFN2O2/c1-8-12(13(16)18)17(4-5-19-8)7-9-2-3-10(14)11(15)6-9/h2-3,6,8,12H,4-5,7H2,1H3,(H2,16,18)/t8-,12+/m1/s1. The van der Waals surface area contributed by atoms with Crippen LogP contribution in [-0.2, 0) is 16.1 Å². The Labute approximate surface area is 116 Å². The van der Waals surface area contributed by atoms with Crippen molar-refractivity contribution in [2.45, 2.75) is 25.6 Å². The monoisotopic (exact) mass is 286 g/mol. The quantitative estimate of drug-likeness (QED) is 0.917. The van der Waals surface area contributed by atoms with Crippen molar-refractivity contribution in [3.63, 3.8) is 0 Å². The number of morpholine rings is 1. The van der Waals surface area contributed by atoms with Crippen molar-refractivity contribution in [3.05, 3.63) is 34.6 Å². The molecular weight excluding hydrogens is 271 g/mol. The van der Waals surface area contributed by atoms with E-state index in [9.17, 15) is 9.18 Å². The number of ether oxygens (including phenoxy) is 1. The lowest BCUT2D eigenvalue weighted by molar-refractivity contribution is -0.136. The summed E-state index contributed by atoms with van der Waals surface area (Å²) in [5.74, 6) is -0.891. The maximum atomic E-state index is 13.4. The minimum atomic E-state index is -0.493. The Morgan fingerprint density at radius 3 is 3.00 bits per heavy atom. The predicted octanol–water partition coefficient (Wildman–Crippen LogP) is 1.55. The maximum absolute atomic E-state index is 13.4. The Hall–Kier alpha value is -1.17. The number of hydrogen-bond acceptors (Lipinski definition) is 3. The molecule has 0 radical (unpaired) electrons. The van der Waals surface area contributed by atoms with Gasteiger partial charge in [-0.05, 0) is 24.6 Å². The van der Waals surface area contributed by atoms with Gasteiger partial charge in [-0.15, -0.1) is 0 Å². The van der Waals surface area contributed by atoms with E-state index < -0.39 is 17.8 Å². The maximum Gasteiger partial charge on any atom is 0.237 e. The Bertz CT molecular complexity index is 484. The molecule has 2 atom stereocenters. The van der Waals surface area contributed by atoms with E-state index in [0.29, 0.717) is 19.7 Å². The number of carbonyl (C=O) groups is 1. The van der Waals surface area contributed by atoms with Crippen LogP contribution in [0.25, 0.3) is 0 Å². The van der Waals surface area contributed by atoms with Crippen molar-refractivity contribution in [1.29, 1.82) is 0 Å². The molecule has 1 aliphatic rings. The molecule has 0 bridgehead atoms. The average Bonchev–Trinajstić information content (AvgIpc) is 2.33. The number of halogens is 2. The van der Waals surface area contributed by atoms with Gasteiger partial charge in [-0.25, -0.2) is 4.39 Å². The zero-order chi connectivity index (χ0) is 14.0. The zero-order valence-electron chi connectivity index (χ0n) is 10.6. The summed E-state index contributed by atoms with van der Waals surface area (Å²) in [5, 5.41) is 0.0885. The molecule has 1 fully saturated rings. The van der Waals surface area contributed by atoms with E-state index in [-0.39, 0.29) is 11.1 Å². The molecule has 1 aromatic carbocycles. The number of nitrogens with zero attached hydrogens (tertiary/aromatic N) is 1. The fraction of sp³-hybridized carbons (Fsp3) is 0.462. The largest absolute Gasteiger partial charge is 0.375 e. The molecule has 1 aromatic rings. The zero-order valence-corrected chi connectivity index (χ0v) is 11.4. The highest BCUT2D eigenvalue weighted by molar-refractivity contribution is 6.30. The smallest absolute Gasteiger partial charge is 0.237 e. The molecule has 0 aromatic heterocycles. The van der Waals surface area contributed by atoms with Crippen molar-refractivity contribution in [3.8, 4) is 0 Å². The Balaban J connectivity index is 2.15. The molecule has 2 N–H and O–H groups in total. The van der Waals surface area contributed by atoms with Crippen LogP contribution in [0.5, 0.6) is 0 Å². The van der Waals surface area contributed by atoms with Gasteiger partial charge in [0.1, 0.15) is 11.9 Å². The van der Waals surface area contributed by atoms with Crippen molar-refractivity contribution < 1.29 is 13.9 Å². The molecule has 1 aliphatic heterocycles. The molecule has 104 valence electrons. The van der Waals surface area contributed by atoms with Crippen LogP contribution >= 0.6 is 11.6 Å². The van der Waals surface area contributed by atoms with Crippen LogP contribution in [-0.4, -0.2) is 36.1 Å². The first-order chi connectivity index (χ1) is 8.99. The SMILES string of the molecule is C[C@H]1OCCN(Cc2ccc(Cl)c(F)c2)[C@@H]1C(N)=O. The van der Waals surface area contributed by atoms with E-state index in [1.54, 1.807) is 6.07 Å². The molecule has 4 nitrogen and oxygen atoms in total. The van der Waals surface area contributed by atoms with Gasteiger partial charge in [0, 0.05) is 13.1 Å². The van der Waals surface area contributed by atoms with Crippen LogP contribution in [0, 0.1) is 5.82 Å². The van der Waals surface area contributed by atoms with Gasteiger partial charge in [-0.1, -0.05) is 17.7 Å². The number of benzene rings is 1. The predicted molar refractivity (Wildman–Crippen MR) is 70.2 cm³/mol. The third-order valence-electron chi connectivity index (χ3n) is 3.26. The van der Waals surface area contributed by atoms with Crippen molar-refractivity contribution >= 4 is 17.5 Å². The Morgan fingerprint density at radius 2 is 2.37 bits per heavy atom. The van der Waals surface area contributed by atoms with E-state index in [0.717, 1.165) is 5.56 Å². The van der Waals surface area contributed by atoms with E-state index in [4.69, 9.17) is 22.1 Å². The van der Waals surface area contributed by atoms with Gasteiger partial charge in [0.05, 0.1) is 17.7 Å². The highest BCUT2D eigenvalue weighted by atomic mass is 35.5. The number of rotatable bonds is 3. The van der Waals surface area contributed by atoms with Gasteiger partial charge in [0.2, 0.25) is 5.91 Å². The lowest BCUT2D eigenvalue weighted by atomic mass is 10.1. The van der Waals surface area contributed by atoms with E-state index >= 15 is 0 Å². The van der Waals surface area contributed by atoms with Gasteiger partial charge < -0.3 is 10.5 Å². The molecule has 0 saturated carbocycles. The van der Waals surface area contributed by atoms with Gasteiger partial charge in [0.25, 0.3) is 0 Å². The summed E-state index contributed by atoms with van der Waals surface area (Å²) in [5.41, 5.74) is 6.15. The van der Waals surface area contributed by atoms with Crippen molar-refractivity contribution in [1.82, 2.24) is 4.90 Å². The fourth-order valence-electron chi connectivity index (χ4n) is 2.34. The highest BCUT2D eigenvalue weighted by Crippen LogP contribution is 2.20. The molecule has 0 aliphatic carbocycles. The molecule has 0 unspecified atom stereocenters. The second-order valence-electron chi connectivity index (χ2n) is 4.64. The normalized spacial score (nSPS) is 24.4. The third kappa shape index (κ3) is 3.23. The van der Waals surface area contributed by atoms with Gasteiger partial charge >= 0.3 is 0 Å². The van der Waals surface area contributed by atoms with Crippen LogP contribution in [0.1, 0.15) is 12.5 Å². The van der Waals surface area contributed by atoms with Crippen LogP contribution in [0.3, 0.4) is 0 Å². The molecule has 19 heavy (non-hydrogen) atoms. The topological polar surface area (TPSA) is 55.6 Å². The van der Waals surface area contributed by atoms with E-state index in [2.05, 4.69) is 0 Å². The Kier molecular flexibility index (Phi) is 4.39. The third-order valence-corrected chi connectivity index (χ3v) is 3.56. The lowest BCUT2D eigenvalue weighted by Gasteiger charge is -2.37. The summed E-state index contributed by atoms with van der Waals surface area (Å²) < 4.78 is 18.8.